The first-order chi connectivity index (χ1) is 13.5. The highest BCUT2D eigenvalue weighted by molar-refractivity contribution is 8.00. The summed E-state index contributed by atoms with van der Waals surface area (Å²) in [5, 5.41) is 15.3. The zero-order valence-corrected chi connectivity index (χ0v) is 15.8. The number of amides is 2. The van der Waals surface area contributed by atoms with Gasteiger partial charge in [-0.25, -0.2) is 9.97 Å². The standard InChI is InChI=1S/C20H18N4O3S/c1-13(28-18-7-2-3-10-21-18)19(26)23-15-8-9-17(22-12-15)24-20(27)14-5-4-6-16(25)11-14/h2-13,25H,1H3,(H,23,26)(H,22,24,27). The van der Waals surface area contributed by atoms with E-state index < -0.39 is 0 Å². The van der Waals surface area contributed by atoms with Crippen molar-refractivity contribution in [1.29, 1.82) is 0 Å². The van der Waals surface area contributed by atoms with E-state index in [1.165, 1.54) is 30.1 Å². The van der Waals surface area contributed by atoms with Crippen molar-refractivity contribution in [3.05, 3.63) is 72.6 Å². The molecule has 1 atom stereocenters. The molecule has 0 radical (unpaired) electrons. The normalized spacial score (nSPS) is 11.5. The van der Waals surface area contributed by atoms with E-state index in [0.29, 0.717) is 17.1 Å². The minimum absolute atomic E-state index is 0.0105. The molecule has 2 amide bonds. The molecular formula is C20H18N4O3S. The number of aromatic hydroxyl groups is 1. The van der Waals surface area contributed by atoms with Gasteiger partial charge >= 0.3 is 0 Å². The number of pyridine rings is 2. The fourth-order valence-corrected chi connectivity index (χ4v) is 3.08. The summed E-state index contributed by atoms with van der Waals surface area (Å²) in [7, 11) is 0. The van der Waals surface area contributed by atoms with Crippen LogP contribution in [0.25, 0.3) is 0 Å². The average molecular weight is 394 g/mol. The molecule has 28 heavy (non-hydrogen) atoms. The first-order valence-electron chi connectivity index (χ1n) is 8.46. The summed E-state index contributed by atoms with van der Waals surface area (Å²) in [6.07, 6.45) is 3.15. The number of phenols is 1. The third-order valence-corrected chi connectivity index (χ3v) is 4.74. The summed E-state index contributed by atoms with van der Waals surface area (Å²) in [6, 6.07) is 14.8. The maximum absolute atomic E-state index is 12.3. The lowest BCUT2D eigenvalue weighted by molar-refractivity contribution is -0.115. The first kappa shape index (κ1) is 19.4. The van der Waals surface area contributed by atoms with E-state index in [9.17, 15) is 14.7 Å². The summed E-state index contributed by atoms with van der Waals surface area (Å²) in [5.41, 5.74) is 0.841. The maximum atomic E-state index is 12.3. The molecule has 0 fully saturated rings. The van der Waals surface area contributed by atoms with Crippen LogP contribution in [0.2, 0.25) is 0 Å². The van der Waals surface area contributed by atoms with Crippen molar-refractivity contribution in [1.82, 2.24) is 9.97 Å². The zero-order chi connectivity index (χ0) is 19.9. The van der Waals surface area contributed by atoms with Gasteiger partial charge in [-0.05, 0) is 49.4 Å². The zero-order valence-electron chi connectivity index (χ0n) is 15.0. The third kappa shape index (κ3) is 5.31. The molecule has 0 bridgehead atoms. The predicted molar refractivity (Wildman–Crippen MR) is 108 cm³/mol. The van der Waals surface area contributed by atoms with Gasteiger partial charge in [0, 0.05) is 11.8 Å². The Morgan fingerprint density at radius 1 is 1.04 bits per heavy atom. The minimum Gasteiger partial charge on any atom is -0.508 e. The van der Waals surface area contributed by atoms with Crippen LogP contribution in [-0.2, 0) is 4.79 Å². The second-order valence-corrected chi connectivity index (χ2v) is 7.21. The van der Waals surface area contributed by atoms with E-state index in [-0.39, 0.29) is 22.8 Å². The van der Waals surface area contributed by atoms with Crippen LogP contribution >= 0.6 is 11.8 Å². The van der Waals surface area contributed by atoms with Crippen LogP contribution in [0.5, 0.6) is 5.75 Å². The van der Waals surface area contributed by atoms with E-state index in [2.05, 4.69) is 20.6 Å². The number of anilines is 2. The lowest BCUT2D eigenvalue weighted by Gasteiger charge is -2.12. The molecule has 2 heterocycles. The Morgan fingerprint density at radius 2 is 1.89 bits per heavy atom. The van der Waals surface area contributed by atoms with Crippen LogP contribution in [0, 0.1) is 0 Å². The molecule has 3 rings (SSSR count). The Bertz CT molecular complexity index is 965. The smallest absolute Gasteiger partial charge is 0.256 e. The largest absolute Gasteiger partial charge is 0.508 e. The monoisotopic (exact) mass is 394 g/mol. The van der Waals surface area contributed by atoms with Gasteiger partial charge in [0.2, 0.25) is 5.91 Å². The molecular weight excluding hydrogens is 376 g/mol. The van der Waals surface area contributed by atoms with E-state index in [4.69, 9.17) is 0 Å². The highest BCUT2D eigenvalue weighted by Crippen LogP contribution is 2.22. The molecule has 1 aromatic carbocycles. The minimum atomic E-state index is -0.388. The van der Waals surface area contributed by atoms with E-state index in [0.717, 1.165) is 5.03 Å². The lowest BCUT2D eigenvalue weighted by atomic mass is 10.2. The molecule has 8 heteroatoms. The second-order valence-electron chi connectivity index (χ2n) is 5.85. The number of nitrogens with zero attached hydrogens (tertiary/aromatic N) is 2. The van der Waals surface area contributed by atoms with Crippen molar-refractivity contribution in [3.63, 3.8) is 0 Å². The molecule has 0 saturated carbocycles. The van der Waals surface area contributed by atoms with Crippen molar-refractivity contribution in [2.24, 2.45) is 0 Å². The Labute approximate surface area is 166 Å². The second kappa shape index (κ2) is 9.01. The van der Waals surface area contributed by atoms with Crippen molar-refractivity contribution in [3.8, 4) is 5.75 Å². The van der Waals surface area contributed by atoms with E-state index in [1.807, 2.05) is 18.2 Å². The predicted octanol–water partition coefficient (Wildman–Crippen LogP) is 3.55. The Kier molecular flexibility index (Phi) is 6.23. The molecule has 2 aromatic heterocycles. The molecule has 1 unspecified atom stereocenters. The Morgan fingerprint density at radius 3 is 2.57 bits per heavy atom. The molecule has 0 aliphatic rings. The van der Waals surface area contributed by atoms with Crippen LogP contribution in [0.3, 0.4) is 0 Å². The van der Waals surface area contributed by atoms with Gasteiger partial charge in [-0.3, -0.25) is 9.59 Å². The molecule has 7 nitrogen and oxygen atoms in total. The summed E-state index contributed by atoms with van der Waals surface area (Å²) in [6.45, 7) is 1.80. The molecule has 0 spiro atoms. The SMILES string of the molecule is CC(Sc1ccccn1)C(=O)Nc1ccc(NC(=O)c2cccc(O)c2)nc1. The average Bonchev–Trinajstić information content (AvgIpc) is 2.70. The molecule has 3 N–H and O–H groups in total. The molecule has 0 saturated heterocycles. The van der Waals surface area contributed by atoms with Gasteiger partial charge in [0.15, 0.2) is 0 Å². The van der Waals surface area contributed by atoms with Crippen molar-refractivity contribution in [2.75, 3.05) is 10.6 Å². The van der Waals surface area contributed by atoms with Gasteiger partial charge < -0.3 is 15.7 Å². The number of hydrogen-bond donors (Lipinski definition) is 3. The number of phenolic OH excluding ortho intramolecular Hbond substituents is 1. The van der Waals surface area contributed by atoms with Crippen molar-refractivity contribution in [2.45, 2.75) is 17.2 Å². The number of rotatable bonds is 6. The topological polar surface area (TPSA) is 104 Å². The molecule has 0 aliphatic carbocycles. The number of hydrogen-bond acceptors (Lipinski definition) is 6. The highest BCUT2D eigenvalue weighted by atomic mass is 32.2. The number of carbonyl (C=O) groups is 2. The summed E-state index contributed by atoms with van der Waals surface area (Å²) in [5.74, 6) is -0.215. The number of carbonyl (C=O) groups excluding carboxylic acids is 2. The summed E-state index contributed by atoms with van der Waals surface area (Å²) < 4.78 is 0. The van der Waals surface area contributed by atoms with Gasteiger partial charge in [0.1, 0.15) is 11.6 Å². The van der Waals surface area contributed by atoms with Gasteiger partial charge in [0.25, 0.3) is 5.91 Å². The van der Waals surface area contributed by atoms with E-state index in [1.54, 1.807) is 37.4 Å². The quantitative estimate of drug-likeness (QED) is 0.552. The number of nitrogens with one attached hydrogen (secondary N) is 2. The summed E-state index contributed by atoms with van der Waals surface area (Å²) >= 11 is 1.36. The number of aromatic nitrogens is 2. The van der Waals surface area contributed by atoms with Crippen LogP contribution in [-0.4, -0.2) is 32.1 Å². The molecule has 3 aromatic rings. The Balaban J connectivity index is 1.56. The van der Waals surface area contributed by atoms with Gasteiger partial charge in [-0.2, -0.15) is 0 Å². The lowest BCUT2D eigenvalue weighted by Crippen LogP contribution is -2.22. The van der Waals surface area contributed by atoms with Crippen LogP contribution in [0.4, 0.5) is 11.5 Å². The van der Waals surface area contributed by atoms with E-state index >= 15 is 0 Å². The number of benzene rings is 1. The van der Waals surface area contributed by atoms with Gasteiger partial charge in [0.05, 0.1) is 22.2 Å². The Hall–Kier alpha value is -3.39. The fourth-order valence-electron chi connectivity index (χ4n) is 2.27. The van der Waals surface area contributed by atoms with Crippen LogP contribution in [0.1, 0.15) is 17.3 Å². The first-order valence-corrected chi connectivity index (χ1v) is 9.34. The highest BCUT2D eigenvalue weighted by Gasteiger charge is 2.15. The molecule has 0 aliphatic heterocycles. The number of thioether (sulfide) groups is 1. The van der Waals surface area contributed by atoms with Crippen LogP contribution in [0.15, 0.2) is 72.0 Å². The van der Waals surface area contributed by atoms with Crippen molar-refractivity contribution >= 4 is 35.1 Å². The van der Waals surface area contributed by atoms with Crippen molar-refractivity contribution < 1.29 is 14.7 Å². The van der Waals surface area contributed by atoms with Gasteiger partial charge in [-0.1, -0.05) is 23.9 Å². The summed E-state index contributed by atoms with van der Waals surface area (Å²) in [4.78, 5) is 32.8. The molecule has 142 valence electrons. The van der Waals surface area contributed by atoms with Gasteiger partial charge in [-0.15, -0.1) is 0 Å². The maximum Gasteiger partial charge on any atom is 0.256 e. The fraction of sp³-hybridized carbons (Fsp3) is 0.100. The van der Waals surface area contributed by atoms with Crippen LogP contribution < -0.4 is 10.6 Å². The third-order valence-electron chi connectivity index (χ3n) is 3.69.